The van der Waals surface area contributed by atoms with E-state index < -0.39 is 0 Å². The van der Waals surface area contributed by atoms with Crippen molar-refractivity contribution in [2.24, 2.45) is 11.8 Å². The first-order valence-corrected chi connectivity index (χ1v) is 3.90. The summed E-state index contributed by atoms with van der Waals surface area (Å²) in [5, 5.41) is 0. The van der Waals surface area contributed by atoms with Crippen molar-refractivity contribution in [3.63, 3.8) is 0 Å². The van der Waals surface area contributed by atoms with Crippen molar-refractivity contribution in [2.45, 2.75) is 32.1 Å². The summed E-state index contributed by atoms with van der Waals surface area (Å²) in [6.45, 7) is 0. The van der Waals surface area contributed by atoms with Gasteiger partial charge in [0.2, 0.25) is 0 Å². The molecular weight excluding hydrogens is 112 g/mol. The Labute approximate surface area is 55.4 Å². The molecule has 0 heterocycles. The monoisotopic (exact) mass is 124 g/mol. The lowest BCUT2D eigenvalue weighted by Gasteiger charge is -2.01. The van der Waals surface area contributed by atoms with Crippen LogP contribution in [-0.4, -0.2) is 5.78 Å². The third kappa shape index (κ3) is 0.887. The number of Topliss-reactive ketones (excluding diaryl/α,β-unsaturated/α-hetero) is 1. The number of hydrogen-bond acceptors (Lipinski definition) is 1. The molecule has 1 nitrogen and oxygen atoms in total. The Morgan fingerprint density at radius 1 is 1.22 bits per heavy atom. The molecule has 0 bridgehead atoms. The second-order valence-corrected chi connectivity index (χ2v) is 3.30. The van der Waals surface area contributed by atoms with Gasteiger partial charge in [-0.05, 0) is 31.6 Å². The highest BCUT2D eigenvalue weighted by atomic mass is 16.1. The van der Waals surface area contributed by atoms with Crippen molar-refractivity contribution < 1.29 is 4.79 Å². The highest BCUT2D eigenvalue weighted by molar-refractivity contribution is 5.83. The minimum atomic E-state index is 0.505. The molecule has 0 amide bonds. The molecule has 0 spiro atoms. The molecule has 2 aliphatic rings. The Morgan fingerprint density at radius 2 is 2.00 bits per heavy atom. The summed E-state index contributed by atoms with van der Waals surface area (Å²) in [6.07, 6.45) is 5.90. The lowest BCUT2D eigenvalue weighted by atomic mass is 10.0. The summed E-state index contributed by atoms with van der Waals surface area (Å²) in [7, 11) is 0. The smallest absolute Gasteiger partial charge is 0.136 e. The molecule has 9 heavy (non-hydrogen) atoms. The first-order valence-electron chi connectivity index (χ1n) is 3.90. The largest absolute Gasteiger partial charge is 0.299 e. The van der Waals surface area contributed by atoms with Gasteiger partial charge in [-0.2, -0.15) is 0 Å². The fourth-order valence-electron chi connectivity index (χ4n) is 1.84. The topological polar surface area (TPSA) is 17.1 Å². The fraction of sp³-hybridized carbons (Fsp3) is 0.875. The Hall–Kier alpha value is -0.330. The van der Waals surface area contributed by atoms with Gasteiger partial charge >= 0.3 is 0 Å². The number of hydrogen-bond donors (Lipinski definition) is 0. The van der Waals surface area contributed by atoms with Crippen molar-refractivity contribution in [3.8, 4) is 0 Å². The van der Waals surface area contributed by atoms with Crippen LogP contribution >= 0.6 is 0 Å². The average Bonchev–Trinajstić information content (AvgIpc) is 2.58. The number of rotatable bonds is 1. The van der Waals surface area contributed by atoms with Gasteiger partial charge in [-0.25, -0.2) is 0 Å². The molecule has 0 aromatic rings. The molecule has 0 radical (unpaired) electrons. The third-order valence-electron chi connectivity index (χ3n) is 2.54. The summed E-state index contributed by atoms with van der Waals surface area (Å²) >= 11 is 0. The summed E-state index contributed by atoms with van der Waals surface area (Å²) in [6, 6.07) is 0. The van der Waals surface area contributed by atoms with E-state index in [1.165, 1.54) is 25.7 Å². The molecule has 50 valence electrons. The Bertz CT molecular complexity index is 136. The highest BCUT2D eigenvalue weighted by Crippen LogP contribution is 2.42. The molecule has 0 aromatic carbocycles. The van der Waals surface area contributed by atoms with Crippen LogP contribution in [0.25, 0.3) is 0 Å². The predicted molar refractivity (Wildman–Crippen MR) is 35.1 cm³/mol. The quantitative estimate of drug-likeness (QED) is 0.520. The molecule has 2 rings (SSSR count). The standard InChI is InChI=1S/C8H12O/c9-8-3-1-2-7(8)6-4-5-6/h6-7H,1-5H2/t7-/m1/s1. The van der Waals surface area contributed by atoms with Gasteiger partial charge in [0.15, 0.2) is 0 Å². The van der Waals surface area contributed by atoms with Crippen molar-refractivity contribution in [2.75, 3.05) is 0 Å². The zero-order valence-corrected chi connectivity index (χ0v) is 5.60. The molecule has 1 atom stereocenters. The Morgan fingerprint density at radius 3 is 2.44 bits per heavy atom. The van der Waals surface area contributed by atoms with E-state index in [0.29, 0.717) is 11.7 Å². The van der Waals surface area contributed by atoms with Crippen molar-refractivity contribution in [1.82, 2.24) is 0 Å². The van der Waals surface area contributed by atoms with Crippen LogP contribution in [-0.2, 0) is 4.79 Å². The molecular formula is C8H12O. The highest BCUT2D eigenvalue weighted by Gasteiger charge is 2.37. The normalized spacial score (nSPS) is 35.6. The minimum Gasteiger partial charge on any atom is -0.299 e. The summed E-state index contributed by atoms with van der Waals surface area (Å²) in [5.74, 6) is 1.88. The maximum atomic E-state index is 11.1. The van der Waals surface area contributed by atoms with Gasteiger partial charge in [0.25, 0.3) is 0 Å². The summed E-state index contributed by atoms with van der Waals surface area (Å²) in [4.78, 5) is 11.1. The van der Waals surface area contributed by atoms with Gasteiger partial charge in [-0.3, -0.25) is 4.79 Å². The van der Waals surface area contributed by atoms with E-state index in [-0.39, 0.29) is 0 Å². The van der Waals surface area contributed by atoms with E-state index in [9.17, 15) is 4.79 Å². The van der Waals surface area contributed by atoms with Crippen LogP contribution in [0.5, 0.6) is 0 Å². The second kappa shape index (κ2) is 1.83. The number of carbonyl (C=O) groups excluding carboxylic acids is 1. The molecule has 2 fully saturated rings. The Kier molecular flexibility index (Phi) is 1.11. The van der Waals surface area contributed by atoms with Crippen LogP contribution in [0.4, 0.5) is 0 Å². The number of carbonyl (C=O) groups is 1. The van der Waals surface area contributed by atoms with Gasteiger partial charge in [-0.1, -0.05) is 0 Å². The maximum Gasteiger partial charge on any atom is 0.136 e. The molecule has 1 heteroatoms. The SMILES string of the molecule is O=C1CCC[C@@H]1C1CC1. The maximum absolute atomic E-state index is 11.1. The molecule has 2 saturated carbocycles. The van der Waals surface area contributed by atoms with Crippen LogP contribution in [0.15, 0.2) is 0 Å². The van der Waals surface area contributed by atoms with Crippen LogP contribution in [0, 0.1) is 11.8 Å². The van der Waals surface area contributed by atoms with E-state index >= 15 is 0 Å². The van der Waals surface area contributed by atoms with E-state index in [0.717, 1.165) is 12.3 Å². The van der Waals surface area contributed by atoms with Crippen molar-refractivity contribution in [1.29, 1.82) is 0 Å². The molecule has 0 N–H and O–H groups in total. The molecule has 0 unspecified atom stereocenters. The minimum absolute atomic E-state index is 0.505. The predicted octanol–water partition coefficient (Wildman–Crippen LogP) is 1.77. The molecule has 0 aromatic heterocycles. The number of ketones is 1. The van der Waals surface area contributed by atoms with Gasteiger partial charge in [-0.15, -0.1) is 0 Å². The summed E-state index contributed by atoms with van der Waals surface area (Å²) in [5.41, 5.74) is 0. The van der Waals surface area contributed by atoms with Crippen molar-refractivity contribution >= 4 is 5.78 Å². The first kappa shape index (κ1) is 5.45. The van der Waals surface area contributed by atoms with Crippen molar-refractivity contribution in [3.05, 3.63) is 0 Å². The second-order valence-electron chi connectivity index (χ2n) is 3.30. The summed E-state index contributed by atoms with van der Waals surface area (Å²) < 4.78 is 0. The molecule has 0 aliphatic heterocycles. The van der Waals surface area contributed by atoms with Crippen LogP contribution in [0.1, 0.15) is 32.1 Å². The van der Waals surface area contributed by atoms with Crippen LogP contribution in [0.2, 0.25) is 0 Å². The average molecular weight is 124 g/mol. The zero-order valence-electron chi connectivity index (χ0n) is 5.60. The van der Waals surface area contributed by atoms with E-state index in [4.69, 9.17) is 0 Å². The van der Waals surface area contributed by atoms with Gasteiger partial charge in [0.05, 0.1) is 0 Å². The zero-order chi connectivity index (χ0) is 6.27. The third-order valence-corrected chi connectivity index (χ3v) is 2.54. The Balaban J connectivity index is 2.01. The fourth-order valence-corrected chi connectivity index (χ4v) is 1.84. The lowest BCUT2D eigenvalue weighted by Crippen LogP contribution is -2.07. The lowest BCUT2D eigenvalue weighted by molar-refractivity contribution is -0.121. The van der Waals surface area contributed by atoms with Crippen LogP contribution < -0.4 is 0 Å². The molecule has 0 saturated heterocycles. The van der Waals surface area contributed by atoms with Gasteiger partial charge < -0.3 is 0 Å². The van der Waals surface area contributed by atoms with Gasteiger partial charge in [0.1, 0.15) is 5.78 Å². The van der Waals surface area contributed by atoms with Gasteiger partial charge in [0, 0.05) is 12.3 Å². The van der Waals surface area contributed by atoms with E-state index in [1.807, 2.05) is 0 Å². The van der Waals surface area contributed by atoms with E-state index in [1.54, 1.807) is 0 Å². The van der Waals surface area contributed by atoms with Crippen LogP contribution in [0.3, 0.4) is 0 Å². The van der Waals surface area contributed by atoms with E-state index in [2.05, 4.69) is 0 Å². The molecule has 2 aliphatic carbocycles. The first-order chi connectivity index (χ1) is 4.38.